The summed E-state index contributed by atoms with van der Waals surface area (Å²) < 4.78 is 30.9. The summed E-state index contributed by atoms with van der Waals surface area (Å²) >= 11 is 0. The molecule has 0 fully saturated rings. The van der Waals surface area contributed by atoms with E-state index < -0.39 is 11.6 Å². The Morgan fingerprint density at radius 2 is 2.00 bits per heavy atom. The summed E-state index contributed by atoms with van der Waals surface area (Å²) in [5.41, 5.74) is 0.709. The second kappa shape index (κ2) is 5.88. The zero-order chi connectivity index (χ0) is 13.8. The summed E-state index contributed by atoms with van der Waals surface area (Å²) in [6.45, 7) is 5.45. The predicted molar refractivity (Wildman–Crippen MR) is 65.2 cm³/mol. The minimum atomic E-state index is -0.833. The van der Waals surface area contributed by atoms with Crippen molar-refractivity contribution in [2.24, 2.45) is 0 Å². The number of hydrogen-bond donors (Lipinski definition) is 0. The first-order valence-corrected chi connectivity index (χ1v) is 6.04. The van der Waals surface area contributed by atoms with Crippen LogP contribution in [-0.4, -0.2) is 21.6 Å². The fourth-order valence-electron chi connectivity index (χ4n) is 1.78. The van der Waals surface area contributed by atoms with E-state index >= 15 is 0 Å². The molecule has 0 aliphatic heterocycles. The van der Waals surface area contributed by atoms with Gasteiger partial charge in [-0.1, -0.05) is 18.1 Å². The number of benzene rings is 1. The first-order valence-electron chi connectivity index (χ1n) is 6.04. The third-order valence-corrected chi connectivity index (χ3v) is 2.77. The van der Waals surface area contributed by atoms with E-state index in [9.17, 15) is 8.78 Å². The Morgan fingerprint density at radius 3 is 2.58 bits per heavy atom. The van der Waals surface area contributed by atoms with E-state index in [-0.39, 0.29) is 0 Å². The molecular formula is C13H15F2N3O. The van der Waals surface area contributed by atoms with Crippen LogP contribution >= 0.6 is 0 Å². The molecule has 0 radical (unpaired) electrons. The molecule has 2 rings (SSSR count). The van der Waals surface area contributed by atoms with Crippen molar-refractivity contribution < 1.29 is 13.3 Å². The Labute approximate surface area is 110 Å². The van der Waals surface area contributed by atoms with E-state index in [1.165, 1.54) is 6.07 Å². The monoisotopic (exact) mass is 267 g/mol. The fourth-order valence-corrected chi connectivity index (χ4v) is 1.78. The summed E-state index contributed by atoms with van der Waals surface area (Å²) in [4.78, 5) is 6.13. The van der Waals surface area contributed by atoms with Gasteiger partial charge in [-0.15, -0.1) is 0 Å². The van der Waals surface area contributed by atoms with Gasteiger partial charge in [0.05, 0.1) is 6.54 Å². The molecule has 0 unspecified atom stereocenters. The van der Waals surface area contributed by atoms with Gasteiger partial charge in [0, 0.05) is 13.5 Å². The van der Waals surface area contributed by atoms with Gasteiger partial charge in [-0.05, 0) is 24.2 Å². The molecule has 0 atom stereocenters. The highest BCUT2D eigenvalue weighted by atomic mass is 19.2. The van der Waals surface area contributed by atoms with E-state index in [0.29, 0.717) is 30.4 Å². The van der Waals surface area contributed by atoms with Crippen molar-refractivity contribution in [1.29, 1.82) is 0 Å². The number of halogens is 2. The summed E-state index contributed by atoms with van der Waals surface area (Å²) in [6.07, 6.45) is 0. The topological polar surface area (TPSA) is 42.2 Å². The van der Waals surface area contributed by atoms with Crippen molar-refractivity contribution in [3.63, 3.8) is 0 Å². The van der Waals surface area contributed by atoms with Crippen LogP contribution in [0.5, 0.6) is 0 Å². The molecule has 1 aromatic carbocycles. The van der Waals surface area contributed by atoms with Gasteiger partial charge in [-0.3, -0.25) is 4.90 Å². The smallest absolute Gasteiger partial charge is 0.223 e. The van der Waals surface area contributed by atoms with Gasteiger partial charge in [0.2, 0.25) is 5.89 Å². The van der Waals surface area contributed by atoms with Crippen LogP contribution in [0.15, 0.2) is 22.7 Å². The summed E-state index contributed by atoms with van der Waals surface area (Å²) in [7, 11) is 0. The van der Waals surface area contributed by atoms with Gasteiger partial charge in [0.15, 0.2) is 17.5 Å². The molecule has 19 heavy (non-hydrogen) atoms. The van der Waals surface area contributed by atoms with Crippen LogP contribution in [0.4, 0.5) is 8.78 Å². The number of aromatic nitrogens is 2. The van der Waals surface area contributed by atoms with Gasteiger partial charge in [0.1, 0.15) is 0 Å². The maximum Gasteiger partial charge on any atom is 0.223 e. The quantitative estimate of drug-likeness (QED) is 0.835. The van der Waals surface area contributed by atoms with Crippen LogP contribution in [0.2, 0.25) is 0 Å². The molecule has 4 nitrogen and oxygen atoms in total. The van der Waals surface area contributed by atoms with E-state index in [1.807, 2.05) is 11.8 Å². The van der Waals surface area contributed by atoms with E-state index in [2.05, 4.69) is 10.1 Å². The zero-order valence-electron chi connectivity index (χ0n) is 10.9. The molecule has 1 heterocycles. The maximum atomic E-state index is 13.1. The van der Waals surface area contributed by atoms with Gasteiger partial charge < -0.3 is 4.52 Å². The van der Waals surface area contributed by atoms with Crippen molar-refractivity contribution in [3.05, 3.63) is 47.1 Å². The number of rotatable bonds is 5. The lowest BCUT2D eigenvalue weighted by molar-refractivity contribution is 0.258. The lowest BCUT2D eigenvalue weighted by atomic mass is 10.2. The van der Waals surface area contributed by atoms with Crippen LogP contribution in [0.1, 0.15) is 24.2 Å². The van der Waals surface area contributed by atoms with Crippen LogP contribution in [0.3, 0.4) is 0 Å². The second-order valence-electron chi connectivity index (χ2n) is 4.28. The van der Waals surface area contributed by atoms with E-state index in [0.717, 1.165) is 12.6 Å². The highest BCUT2D eigenvalue weighted by Crippen LogP contribution is 2.12. The molecule has 0 saturated carbocycles. The standard InChI is InChI=1S/C13H15F2N3O/c1-3-18(8-13-16-9(2)19-17-13)7-10-4-5-11(14)12(15)6-10/h4-6H,3,7-8H2,1-2H3. The van der Waals surface area contributed by atoms with Crippen LogP contribution in [-0.2, 0) is 13.1 Å². The highest BCUT2D eigenvalue weighted by Gasteiger charge is 2.11. The minimum absolute atomic E-state index is 0.501. The molecule has 0 bridgehead atoms. The first-order chi connectivity index (χ1) is 9.08. The molecule has 2 aromatic rings. The SMILES string of the molecule is CCN(Cc1ccc(F)c(F)c1)Cc1noc(C)n1. The van der Waals surface area contributed by atoms with Gasteiger partial charge in [-0.25, -0.2) is 8.78 Å². The molecule has 1 aromatic heterocycles. The molecule has 6 heteroatoms. The number of nitrogens with zero attached hydrogens (tertiary/aromatic N) is 3. The van der Waals surface area contributed by atoms with Crippen molar-refractivity contribution in [2.45, 2.75) is 26.9 Å². The van der Waals surface area contributed by atoms with Gasteiger partial charge >= 0.3 is 0 Å². The zero-order valence-corrected chi connectivity index (χ0v) is 10.9. The molecule has 0 saturated heterocycles. The number of aryl methyl sites for hydroxylation is 1. The van der Waals surface area contributed by atoms with Crippen LogP contribution in [0, 0.1) is 18.6 Å². The molecule has 0 amide bonds. The molecule has 0 N–H and O–H groups in total. The normalized spacial score (nSPS) is 11.2. The summed E-state index contributed by atoms with van der Waals surface area (Å²) in [5.74, 6) is -0.564. The molecule has 0 aliphatic rings. The van der Waals surface area contributed by atoms with Crippen LogP contribution in [0.25, 0.3) is 0 Å². The lowest BCUT2D eigenvalue weighted by Gasteiger charge is -2.18. The molecule has 0 spiro atoms. The Bertz CT molecular complexity index is 557. The number of hydrogen-bond acceptors (Lipinski definition) is 4. The van der Waals surface area contributed by atoms with Crippen molar-refractivity contribution in [3.8, 4) is 0 Å². The Balaban J connectivity index is 2.04. The first kappa shape index (κ1) is 13.6. The van der Waals surface area contributed by atoms with Crippen molar-refractivity contribution in [1.82, 2.24) is 15.0 Å². The van der Waals surface area contributed by atoms with E-state index in [1.54, 1.807) is 13.0 Å². The largest absolute Gasteiger partial charge is 0.340 e. The molecule has 0 aliphatic carbocycles. The third-order valence-electron chi connectivity index (χ3n) is 2.77. The minimum Gasteiger partial charge on any atom is -0.340 e. The molecule has 102 valence electrons. The summed E-state index contributed by atoms with van der Waals surface area (Å²) in [5, 5.41) is 3.81. The average Bonchev–Trinajstić information content (AvgIpc) is 2.78. The lowest BCUT2D eigenvalue weighted by Crippen LogP contribution is -2.23. The highest BCUT2D eigenvalue weighted by molar-refractivity contribution is 5.17. The van der Waals surface area contributed by atoms with Gasteiger partial charge in [0.25, 0.3) is 0 Å². The average molecular weight is 267 g/mol. The third kappa shape index (κ3) is 3.57. The maximum absolute atomic E-state index is 13.1. The second-order valence-corrected chi connectivity index (χ2v) is 4.28. The van der Waals surface area contributed by atoms with Gasteiger partial charge in [-0.2, -0.15) is 4.98 Å². The fraction of sp³-hybridized carbons (Fsp3) is 0.385. The van der Waals surface area contributed by atoms with Crippen molar-refractivity contribution >= 4 is 0 Å². The van der Waals surface area contributed by atoms with Crippen LogP contribution < -0.4 is 0 Å². The molecular weight excluding hydrogens is 252 g/mol. The Kier molecular flexibility index (Phi) is 4.21. The van der Waals surface area contributed by atoms with E-state index in [4.69, 9.17) is 4.52 Å². The Morgan fingerprint density at radius 1 is 1.21 bits per heavy atom. The predicted octanol–water partition coefficient (Wildman–Crippen LogP) is 2.68. The summed E-state index contributed by atoms with van der Waals surface area (Å²) in [6, 6.07) is 3.92. The van der Waals surface area contributed by atoms with Crippen molar-refractivity contribution in [2.75, 3.05) is 6.54 Å². The Hall–Kier alpha value is -1.82.